The number of rotatable bonds is 5. The molecule has 1 N–H and O–H groups in total. The first-order valence-corrected chi connectivity index (χ1v) is 8.40. The van der Waals surface area contributed by atoms with E-state index >= 15 is 0 Å². The molecule has 1 aromatic carbocycles. The lowest BCUT2D eigenvalue weighted by Gasteiger charge is -2.35. The number of hydrogen-bond acceptors (Lipinski definition) is 6. The summed E-state index contributed by atoms with van der Waals surface area (Å²) in [6.45, 7) is 9.41. The number of ether oxygens (including phenoxy) is 2. The van der Waals surface area contributed by atoms with Gasteiger partial charge in [0, 0.05) is 38.3 Å². The molecule has 7 nitrogen and oxygen atoms in total. The summed E-state index contributed by atoms with van der Waals surface area (Å²) in [6.07, 6.45) is 0.400. The Labute approximate surface area is 148 Å². The van der Waals surface area contributed by atoms with Gasteiger partial charge in [-0.2, -0.15) is 0 Å². The molecule has 1 aromatic rings. The third kappa shape index (κ3) is 5.94. The standard InChI is InChI=1S/C18H26N2O5/c1-18(2,3)25-17(23)20-8-6-19(7-9-20)10-11-24-16-5-4-14(13-21)12-15(16)22/h4-5,12-13,22H,6-11H2,1-3H3. The van der Waals surface area contributed by atoms with E-state index in [9.17, 15) is 14.7 Å². The van der Waals surface area contributed by atoms with Crippen LogP contribution in [0.15, 0.2) is 18.2 Å². The summed E-state index contributed by atoms with van der Waals surface area (Å²) >= 11 is 0. The predicted octanol–water partition coefficient (Wildman–Crippen LogP) is 2.14. The van der Waals surface area contributed by atoms with Gasteiger partial charge in [0.15, 0.2) is 11.5 Å². The summed E-state index contributed by atoms with van der Waals surface area (Å²) in [5, 5.41) is 9.79. The van der Waals surface area contributed by atoms with Gasteiger partial charge in [-0.3, -0.25) is 9.69 Å². The summed E-state index contributed by atoms with van der Waals surface area (Å²) in [6, 6.07) is 4.56. The van der Waals surface area contributed by atoms with Crippen molar-refractivity contribution in [2.24, 2.45) is 0 Å². The number of benzene rings is 1. The molecule has 7 heteroatoms. The van der Waals surface area contributed by atoms with Crippen molar-refractivity contribution in [1.82, 2.24) is 9.80 Å². The van der Waals surface area contributed by atoms with E-state index < -0.39 is 5.60 Å². The third-order valence-corrected chi connectivity index (χ3v) is 3.81. The molecule has 25 heavy (non-hydrogen) atoms. The molecule has 0 unspecified atom stereocenters. The van der Waals surface area contributed by atoms with Crippen LogP contribution < -0.4 is 4.74 Å². The molecule has 0 spiro atoms. The minimum absolute atomic E-state index is 0.0423. The van der Waals surface area contributed by atoms with E-state index in [0.717, 1.165) is 13.1 Å². The number of phenols is 1. The normalized spacial score (nSPS) is 15.7. The summed E-state index contributed by atoms with van der Waals surface area (Å²) < 4.78 is 10.9. The zero-order valence-electron chi connectivity index (χ0n) is 15.0. The lowest BCUT2D eigenvalue weighted by atomic mass is 10.2. The molecule has 1 heterocycles. The number of piperazine rings is 1. The van der Waals surface area contributed by atoms with Crippen LogP contribution in [-0.4, -0.2) is 72.2 Å². The average molecular weight is 350 g/mol. The Bertz CT molecular complexity index is 604. The number of carbonyl (C=O) groups excluding carboxylic acids is 2. The van der Waals surface area contributed by atoms with Crippen molar-refractivity contribution in [3.8, 4) is 11.5 Å². The number of amides is 1. The molecule has 1 fully saturated rings. The SMILES string of the molecule is CC(C)(C)OC(=O)N1CCN(CCOc2ccc(C=O)cc2O)CC1. The highest BCUT2D eigenvalue weighted by molar-refractivity contribution is 5.76. The second kappa shape index (κ2) is 8.20. The molecule has 1 amide bonds. The maximum atomic E-state index is 12.0. The van der Waals surface area contributed by atoms with Gasteiger partial charge in [-0.05, 0) is 39.0 Å². The lowest BCUT2D eigenvalue weighted by Crippen LogP contribution is -2.50. The molecule has 0 saturated carbocycles. The second-order valence-corrected chi connectivity index (χ2v) is 7.00. The molecule has 0 aromatic heterocycles. The van der Waals surface area contributed by atoms with Crippen LogP contribution >= 0.6 is 0 Å². The summed E-state index contributed by atoms with van der Waals surface area (Å²) in [5.74, 6) is 0.317. The van der Waals surface area contributed by atoms with Gasteiger partial charge in [0.05, 0.1) is 0 Å². The second-order valence-electron chi connectivity index (χ2n) is 7.00. The fourth-order valence-electron chi connectivity index (χ4n) is 2.49. The summed E-state index contributed by atoms with van der Waals surface area (Å²) in [5.41, 5.74) is -0.0770. The number of nitrogens with zero attached hydrogens (tertiary/aromatic N) is 2. The van der Waals surface area contributed by atoms with E-state index in [2.05, 4.69) is 4.90 Å². The highest BCUT2D eigenvalue weighted by atomic mass is 16.6. The number of carbonyl (C=O) groups is 2. The molecule has 0 radical (unpaired) electrons. The minimum atomic E-state index is -0.483. The topological polar surface area (TPSA) is 79.3 Å². The smallest absolute Gasteiger partial charge is 0.410 e. The van der Waals surface area contributed by atoms with E-state index in [1.54, 1.807) is 17.0 Å². The molecule has 0 atom stereocenters. The molecule has 138 valence electrons. The van der Waals surface area contributed by atoms with Gasteiger partial charge < -0.3 is 19.5 Å². The van der Waals surface area contributed by atoms with Crippen LogP contribution in [0.25, 0.3) is 0 Å². The van der Waals surface area contributed by atoms with E-state index in [0.29, 0.717) is 43.8 Å². The first kappa shape index (κ1) is 19.1. The Kier molecular flexibility index (Phi) is 6.25. The van der Waals surface area contributed by atoms with Gasteiger partial charge >= 0.3 is 6.09 Å². The van der Waals surface area contributed by atoms with Gasteiger partial charge in [-0.1, -0.05) is 0 Å². The van der Waals surface area contributed by atoms with Gasteiger partial charge in [0.25, 0.3) is 0 Å². The van der Waals surface area contributed by atoms with Crippen molar-refractivity contribution >= 4 is 12.4 Å². The summed E-state index contributed by atoms with van der Waals surface area (Å²) in [7, 11) is 0. The van der Waals surface area contributed by atoms with E-state index in [4.69, 9.17) is 9.47 Å². The first-order valence-electron chi connectivity index (χ1n) is 8.40. The molecule has 0 aliphatic carbocycles. The largest absolute Gasteiger partial charge is 0.504 e. The lowest BCUT2D eigenvalue weighted by molar-refractivity contribution is 0.0136. The number of aromatic hydroxyl groups is 1. The van der Waals surface area contributed by atoms with Gasteiger partial charge in [-0.25, -0.2) is 4.79 Å². The van der Waals surface area contributed by atoms with Crippen molar-refractivity contribution in [2.45, 2.75) is 26.4 Å². The Morgan fingerprint density at radius 1 is 1.24 bits per heavy atom. The van der Waals surface area contributed by atoms with Crippen molar-refractivity contribution < 1.29 is 24.2 Å². The Morgan fingerprint density at radius 2 is 1.92 bits per heavy atom. The number of phenolic OH excluding ortho intramolecular Hbond substituents is 1. The van der Waals surface area contributed by atoms with Crippen molar-refractivity contribution in [3.05, 3.63) is 23.8 Å². The van der Waals surface area contributed by atoms with E-state index in [-0.39, 0.29) is 11.8 Å². The van der Waals surface area contributed by atoms with Crippen LogP contribution in [0, 0.1) is 0 Å². The minimum Gasteiger partial charge on any atom is -0.504 e. The molecule has 1 aliphatic rings. The first-order chi connectivity index (χ1) is 11.8. The fraction of sp³-hybridized carbons (Fsp3) is 0.556. The van der Waals surface area contributed by atoms with Crippen LogP contribution in [-0.2, 0) is 4.74 Å². The predicted molar refractivity (Wildman–Crippen MR) is 93.2 cm³/mol. The van der Waals surface area contributed by atoms with Gasteiger partial charge in [0.2, 0.25) is 0 Å². The van der Waals surface area contributed by atoms with Crippen molar-refractivity contribution in [2.75, 3.05) is 39.3 Å². The van der Waals surface area contributed by atoms with Gasteiger partial charge in [-0.15, -0.1) is 0 Å². The van der Waals surface area contributed by atoms with Crippen molar-refractivity contribution in [3.63, 3.8) is 0 Å². The maximum Gasteiger partial charge on any atom is 0.410 e. The van der Waals surface area contributed by atoms with E-state index in [1.807, 2.05) is 20.8 Å². The molecular weight excluding hydrogens is 324 g/mol. The van der Waals surface area contributed by atoms with Crippen LogP contribution in [0.5, 0.6) is 11.5 Å². The molecule has 2 rings (SSSR count). The van der Waals surface area contributed by atoms with Gasteiger partial charge in [0.1, 0.15) is 18.5 Å². The number of aldehydes is 1. The fourth-order valence-corrected chi connectivity index (χ4v) is 2.49. The highest BCUT2D eigenvalue weighted by Gasteiger charge is 2.25. The van der Waals surface area contributed by atoms with Crippen molar-refractivity contribution in [1.29, 1.82) is 0 Å². The Balaban J connectivity index is 1.72. The highest BCUT2D eigenvalue weighted by Crippen LogP contribution is 2.26. The molecule has 1 aliphatic heterocycles. The zero-order valence-corrected chi connectivity index (χ0v) is 15.0. The zero-order chi connectivity index (χ0) is 18.4. The van der Waals surface area contributed by atoms with Crippen LogP contribution in [0.2, 0.25) is 0 Å². The molecule has 0 bridgehead atoms. The average Bonchev–Trinajstić information content (AvgIpc) is 2.55. The quantitative estimate of drug-likeness (QED) is 0.820. The van der Waals surface area contributed by atoms with E-state index in [1.165, 1.54) is 6.07 Å². The van der Waals surface area contributed by atoms with Crippen LogP contribution in [0.4, 0.5) is 4.79 Å². The summed E-state index contributed by atoms with van der Waals surface area (Å²) in [4.78, 5) is 26.6. The Hall–Kier alpha value is -2.28. The Morgan fingerprint density at radius 3 is 2.48 bits per heavy atom. The maximum absolute atomic E-state index is 12.0. The monoisotopic (exact) mass is 350 g/mol. The van der Waals surface area contributed by atoms with Crippen LogP contribution in [0.3, 0.4) is 0 Å². The number of hydrogen-bond donors (Lipinski definition) is 1. The molecular formula is C18H26N2O5. The molecule has 1 saturated heterocycles. The van der Waals surface area contributed by atoms with Crippen LogP contribution in [0.1, 0.15) is 31.1 Å². The third-order valence-electron chi connectivity index (χ3n) is 3.81.